The second kappa shape index (κ2) is 5.70. The van der Waals surface area contributed by atoms with Crippen LogP contribution in [0.1, 0.15) is 5.56 Å². The number of hydrogen-bond donors (Lipinski definition) is 1. The van der Waals surface area contributed by atoms with Gasteiger partial charge in [-0.15, -0.1) is 0 Å². The average molecular weight is 230 g/mol. The highest BCUT2D eigenvalue weighted by Crippen LogP contribution is 2.12. The van der Waals surface area contributed by atoms with Gasteiger partial charge in [-0.3, -0.25) is 9.97 Å². The molecule has 1 aromatic heterocycles. The molecule has 0 aliphatic rings. The first-order valence-corrected chi connectivity index (χ1v) is 5.82. The zero-order valence-corrected chi connectivity index (χ0v) is 10.3. The summed E-state index contributed by atoms with van der Waals surface area (Å²) in [7, 11) is 4.09. The molecule has 0 amide bonds. The summed E-state index contributed by atoms with van der Waals surface area (Å²) in [6, 6.07) is 6.26. The molecular formula is C13H18N4. The third-order valence-corrected chi connectivity index (χ3v) is 2.73. The lowest BCUT2D eigenvalue weighted by Crippen LogP contribution is -2.26. The molecule has 0 saturated carbocycles. The summed E-state index contributed by atoms with van der Waals surface area (Å²) in [4.78, 5) is 10.9. The lowest BCUT2D eigenvalue weighted by Gasteiger charge is -2.16. The van der Waals surface area contributed by atoms with Gasteiger partial charge >= 0.3 is 0 Å². The van der Waals surface area contributed by atoms with E-state index in [0.717, 1.165) is 30.7 Å². The van der Waals surface area contributed by atoms with Gasteiger partial charge < -0.3 is 10.2 Å². The van der Waals surface area contributed by atoms with Crippen molar-refractivity contribution < 1.29 is 0 Å². The molecule has 90 valence electrons. The fraction of sp³-hybridized carbons (Fsp3) is 0.385. The normalized spacial score (nSPS) is 11.2. The largest absolute Gasteiger partial charge is 0.318 e. The number of nitrogens with zero attached hydrogens (tertiary/aromatic N) is 3. The fourth-order valence-electron chi connectivity index (χ4n) is 1.80. The summed E-state index contributed by atoms with van der Waals surface area (Å²) in [5, 5.41) is 3.15. The van der Waals surface area contributed by atoms with E-state index < -0.39 is 0 Å². The van der Waals surface area contributed by atoms with Gasteiger partial charge in [-0.1, -0.05) is 6.07 Å². The molecule has 0 saturated heterocycles. The molecule has 1 N–H and O–H groups in total. The molecule has 0 aliphatic heterocycles. The van der Waals surface area contributed by atoms with Crippen molar-refractivity contribution in [2.24, 2.45) is 0 Å². The van der Waals surface area contributed by atoms with E-state index in [1.54, 1.807) is 12.4 Å². The molecule has 0 spiro atoms. The van der Waals surface area contributed by atoms with Crippen molar-refractivity contribution in [3.05, 3.63) is 36.2 Å². The molecule has 0 atom stereocenters. The van der Waals surface area contributed by atoms with E-state index in [1.165, 1.54) is 5.56 Å². The van der Waals surface area contributed by atoms with E-state index in [0.29, 0.717) is 0 Å². The van der Waals surface area contributed by atoms with Crippen molar-refractivity contribution in [3.8, 4) is 0 Å². The standard InChI is InChI=1S/C13H18N4/c1-14-7-8-17(2)10-11-3-4-12-13(9-11)16-6-5-15-12/h3-6,9,14H,7-8,10H2,1-2H3. The summed E-state index contributed by atoms with van der Waals surface area (Å²) in [5.41, 5.74) is 3.19. The van der Waals surface area contributed by atoms with Crippen molar-refractivity contribution >= 4 is 11.0 Å². The Balaban J connectivity index is 2.08. The van der Waals surface area contributed by atoms with Crippen molar-refractivity contribution in [3.63, 3.8) is 0 Å². The highest BCUT2D eigenvalue weighted by Gasteiger charge is 2.01. The van der Waals surface area contributed by atoms with Crippen molar-refractivity contribution in [1.29, 1.82) is 0 Å². The van der Waals surface area contributed by atoms with Gasteiger partial charge in [-0.25, -0.2) is 0 Å². The number of hydrogen-bond acceptors (Lipinski definition) is 4. The van der Waals surface area contributed by atoms with E-state index >= 15 is 0 Å². The molecule has 0 aliphatic carbocycles. The van der Waals surface area contributed by atoms with Gasteiger partial charge in [0, 0.05) is 32.0 Å². The fourth-order valence-corrected chi connectivity index (χ4v) is 1.80. The molecule has 2 rings (SSSR count). The van der Waals surface area contributed by atoms with Crippen LogP contribution in [0.5, 0.6) is 0 Å². The van der Waals surface area contributed by atoms with Crippen molar-refractivity contribution in [1.82, 2.24) is 20.2 Å². The number of likely N-dealkylation sites (N-methyl/N-ethyl adjacent to an activating group) is 2. The SMILES string of the molecule is CNCCN(C)Cc1ccc2nccnc2c1. The summed E-state index contributed by atoms with van der Waals surface area (Å²) in [5.74, 6) is 0. The van der Waals surface area contributed by atoms with Crippen molar-refractivity contribution in [2.75, 3.05) is 27.2 Å². The van der Waals surface area contributed by atoms with Crippen LogP contribution in [0.15, 0.2) is 30.6 Å². The van der Waals surface area contributed by atoms with Gasteiger partial charge in [-0.05, 0) is 31.8 Å². The number of nitrogens with one attached hydrogen (secondary N) is 1. The van der Waals surface area contributed by atoms with E-state index in [4.69, 9.17) is 0 Å². The summed E-state index contributed by atoms with van der Waals surface area (Å²) in [6.07, 6.45) is 3.46. The molecule has 0 fully saturated rings. The first-order valence-electron chi connectivity index (χ1n) is 5.82. The minimum atomic E-state index is 0.939. The molecule has 4 heteroatoms. The summed E-state index contributed by atoms with van der Waals surface area (Å²) in [6.45, 7) is 2.98. The van der Waals surface area contributed by atoms with Gasteiger partial charge in [0.25, 0.3) is 0 Å². The van der Waals surface area contributed by atoms with Crippen LogP contribution in [-0.2, 0) is 6.54 Å². The van der Waals surface area contributed by atoms with E-state index in [1.807, 2.05) is 13.1 Å². The van der Waals surface area contributed by atoms with Gasteiger partial charge in [-0.2, -0.15) is 0 Å². The second-order valence-electron chi connectivity index (χ2n) is 4.22. The predicted molar refractivity (Wildman–Crippen MR) is 69.8 cm³/mol. The van der Waals surface area contributed by atoms with Crippen LogP contribution in [0.4, 0.5) is 0 Å². The van der Waals surface area contributed by atoms with E-state index in [-0.39, 0.29) is 0 Å². The third-order valence-electron chi connectivity index (χ3n) is 2.73. The molecule has 17 heavy (non-hydrogen) atoms. The minimum Gasteiger partial charge on any atom is -0.318 e. The van der Waals surface area contributed by atoms with Crippen LogP contribution in [-0.4, -0.2) is 42.1 Å². The molecule has 0 bridgehead atoms. The summed E-state index contributed by atoms with van der Waals surface area (Å²) >= 11 is 0. The maximum atomic E-state index is 4.32. The molecule has 1 heterocycles. The van der Waals surface area contributed by atoms with Gasteiger partial charge in [0.1, 0.15) is 0 Å². The maximum Gasteiger partial charge on any atom is 0.0890 e. The van der Waals surface area contributed by atoms with Crippen LogP contribution in [0.3, 0.4) is 0 Å². The zero-order chi connectivity index (χ0) is 12.1. The van der Waals surface area contributed by atoms with Crippen LogP contribution in [0.25, 0.3) is 11.0 Å². The molecule has 2 aromatic rings. The van der Waals surface area contributed by atoms with E-state index in [9.17, 15) is 0 Å². The zero-order valence-electron chi connectivity index (χ0n) is 10.3. The highest BCUT2D eigenvalue weighted by molar-refractivity contribution is 5.74. The smallest absolute Gasteiger partial charge is 0.0890 e. The Morgan fingerprint density at radius 2 is 1.94 bits per heavy atom. The average Bonchev–Trinajstić information content (AvgIpc) is 2.36. The maximum absolute atomic E-state index is 4.32. The topological polar surface area (TPSA) is 41.0 Å². The first-order chi connectivity index (χ1) is 8.29. The van der Waals surface area contributed by atoms with Crippen molar-refractivity contribution in [2.45, 2.75) is 6.54 Å². The van der Waals surface area contributed by atoms with Gasteiger partial charge in [0.2, 0.25) is 0 Å². The number of benzene rings is 1. The molecular weight excluding hydrogens is 212 g/mol. The Labute approximate surface area is 102 Å². The minimum absolute atomic E-state index is 0.939. The lowest BCUT2D eigenvalue weighted by molar-refractivity contribution is 0.328. The monoisotopic (exact) mass is 230 g/mol. The highest BCUT2D eigenvalue weighted by atomic mass is 15.1. The first kappa shape index (κ1) is 12.0. The second-order valence-corrected chi connectivity index (χ2v) is 4.22. The Hall–Kier alpha value is -1.52. The molecule has 4 nitrogen and oxygen atoms in total. The summed E-state index contributed by atoms with van der Waals surface area (Å²) < 4.78 is 0. The Kier molecular flexibility index (Phi) is 4.01. The molecule has 0 radical (unpaired) electrons. The van der Waals surface area contributed by atoms with Crippen LogP contribution in [0, 0.1) is 0 Å². The number of fused-ring (bicyclic) bond motifs is 1. The number of rotatable bonds is 5. The quantitative estimate of drug-likeness (QED) is 0.840. The molecule has 0 unspecified atom stereocenters. The van der Waals surface area contributed by atoms with Gasteiger partial charge in [0.05, 0.1) is 11.0 Å². The third kappa shape index (κ3) is 3.22. The van der Waals surface area contributed by atoms with E-state index in [2.05, 4.69) is 39.4 Å². The predicted octanol–water partition coefficient (Wildman–Crippen LogP) is 1.28. The lowest BCUT2D eigenvalue weighted by atomic mass is 10.2. The molecule has 1 aromatic carbocycles. The Bertz CT molecular complexity index is 484. The van der Waals surface area contributed by atoms with Crippen LogP contribution < -0.4 is 5.32 Å². The van der Waals surface area contributed by atoms with Crippen LogP contribution >= 0.6 is 0 Å². The Morgan fingerprint density at radius 3 is 2.71 bits per heavy atom. The Morgan fingerprint density at radius 1 is 1.18 bits per heavy atom. The van der Waals surface area contributed by atoms with Gasteiger partial charge in [0.15, 0.2) is 0 Å². The number of aromatic nitrogens is 2. The van der Waals surface area contributed by atoms with Crippen LogP contribution in [0.2, 0.25) is 0 Å².